The van der Waals surface area contributed by atoms with Crippen molar-refractivity contribution in [2.24, 2.45) is 0 Å². The van der Waals surface area contributed by atoms with E-state index in [-0.39, 0.29) is 17.1 Å². The predicted octanol–water partition coefficient (Wildman–Crippen LogP) is 2.72. The average molecular weight is 294 g/mol. The second-order valence-electron chi connectivity index (χ2n) is 4.76. The van der Waals surface area contributed by atoms with E-state index in [1.165, 1.54) is 6.92 Å². The highest BCUT2D eigenvalue weighted by molar-refractivity contribution is 7.90. The fraction of sp³-hybridized carbons (Fsp3) is 0.400. The maximum Gasteiger partial charge on any atom is 0.172 e. The fourth-order valence-corrected chi connectivity index (χ4v) is 3.73. The van der Waals surface area contributed by atoms with E-state index in [0.29, 0.717) is 10.7 Å². The van der Waals surface area contributed by atoms with Gasteiger partial charge in [0, 0.05) is 0 Å². The fourth-order valence-electron chi connectivity index (χ4n) is 2.30. The smallest absolute Gasteiger partial charge is 0.172 e. The van der Waals surface area contributed by atoms with Gasteiger partial charge in [0.1, 0.15) is 22.5 Å². The lowest BCUT2D eigenvalue weighted by atomic mass is 10.1. The Morgan fingerprint density at radius 2 is 1.90 bits per heavy atom. The van der Waals surface area contributed by atoms with E-state index in [1.807, 2.05) is 31.2 Å². The van der Waals surface area contributed by atoms with Crippen molar-refractivity contribution >= 4 is 16.6 Å². The van der Waals surface area contributed by atoms with Crippen LogP contribution in [0.15, 0.2) is 34.9 Å². The van der Waals surface area contributed by atoms with Crippen molar-refractivity contribution in [3.05, 3.63) is 40.5 Å². The van der Waals surface area contributed by atoms with Gasteiger partial charge in [-0.3, -0.25) is 9.00 Å². The molecule has 1 aliphatic rings. The van der Waals surface area contributed by atoms with Gasteiger partial charge in [-0.1, -0.05) is 12.1 Å². The number of hydrogen-bond donors (Lipinski definition) is 0. The zero-order valence-electron chi connectivity index (χ0n) is 12.0. The molecule has 20 heavy (non-hydrogen) atoms. The molecule has 1 unspecified atom stereocenters. The molecular formula is C15H18O4S. The normalized spacial score (nSPS) is 26.1. The average Bonchev–Trinajstić information content (AvgIpc) is 2.43. The predicted molar refractivity (Wildman–Crippen MR) is 77.8 cm³/mol. The molecule has 0 saturated carbocycles. The minimum Gasteiger partial charge on any atom is -0.497 e. The van der Waals surface area contributed by atoms with E-state index >= 15 is 0 Å². The number of rotatable bonds is 3. The molecule has 0 radical (unpaired) electrons. The first-order valence-corrected chi connectivity index (χ1v) is 7.60. The number of methoxy groups -OCH3 is 1. The molecule has 0 amide bonds. The maximum absolute atomic E-state index is 12.4. The van der Waals surface area contributed by atoms with Crippen LogP contribution in [0.3, 0.4) is 0 Å². The summed E-state index contributed by atoms with van der Waals surface area (Å²) >= 11 is 0. The number of benzene rings is 1. The van der Waals surface area contributed by atoms with Crippen molar-refractivity contribution in [3.8, 4) is 5.75 Å². The highest BCUT2D eigenvalue weighted by Crippen LogP contribution is 2.36. The Balaban J connectivity index is 2.35. The third-order valence-corrected chi connectivity index (χ3v) is 5.25. The lowest BCUT2D eigenvalue weighted by molar-refractivity contribution is -0.113. The van der Waals surface area contributed by atoms with Gasteiger partial charge in [0.25, 0.3) is 0 Å². The zero-order valence-corrected chi connectivity index (χ0v) is 12.8. The lowest BCUT2D eigenvalue weighted by Crippen LogP contribution is -2.31. The quantitative estimate of drug-likeness (QED) is 0.860. The third kappa shape index (κ3) is 2.63. The van der Waals surface area contributed by atoms with Gasteiger partial charge >= 0.3 is 0 Å². The Morgan fingerprint density at radius 1 is 1.30 bits per heavy atom. The summed E-state index contributed by atoms with van der Waals surface area (Å²) in [5.41, 5.74) is 0.925. The highest BCUT2D eigenvalue weighted by atomic mass is 32.2. The second kappa shape index (κ2) is 5.79. The molecule has 0 bridgehead atoms. The topological polar surface area (TPSA) is 52.6 Å². The lowest BCUT2D eigenvalue weighted by Gasteiger charge is -2.31. The minimum atomic E-state index is -1.35. The molecule has 108 valence electrons. The van der Waals surface area contributed by atoms with E-state index < -0.39 is 10.8 Å². The molecule has 3 atom stereocenters. The summed E-state index contributed by atoms with van der Waals surface area (Å²) < 4.78 is 23.4. The molecule has 0 N–H and O–H groups in total. The summed E-state index contributed by atoms with van der Waals surface area (Å²) in [6.45, 7) is 4.94. The summed E-state index contributed by atoms with van der Waals surface area (Å²) in [5.74, 6) is 1.02. The highest BCUT2D eigenvalue weighted by Gasteiger charge is 2.36. The van der Waals surface area contributed by atoms with Gasteiger partial charge in [-0.15, -0.1) is 0 Å². The molecule has 1 aromatic carbocycles. The van der Waals surface area contributed by atoms with Gasteiger partial charge in [-0.25, -0.2) is 0 Å². The number of ether oxygens (including phenoxy) is 2. The monoisotopic (exact) mass is 294 g/mol. The van der Waals surface area contributed by atoms with Crippen LogP contribution in [0.1, 0.15) is 32.4 Å². The minimum absolute atomic E-state index is 0.194. The van der Waals surface area contributed by atoms with Gasteiger partial charge < -0.3 is 9.47 Å². The van der Waals surface area contributed by atoms with Crippen LogP contribution < -0.4 is 4.74 Å². The molecule has 2 rings (SSSR count). The summed E-state index contributed by atoms with van der Waals surface area (Å²) in [7, 11) is 0.260. The summed E-state index contributed by atoms with van der Waals surface area (Å²) in [6.07, 6.45) is -0.315. The van der Waals surface area contributed by atoms with Crippen molar-refractivity contribution in [2.45, 2.75) is 32.1 Å². The molecule has 0 aromatic heterocycles. The van der Waals surface area contributed by atoms with Crippen molar-refractivity contribution in [3.63, 3.8) is 0 Å². The first kappa shape index (κ1) is 14.8. The summed E-state index contributed by atoms with van der Waals surface area (Å²) in [4.78, 5) is 11.8. The largest absolute Gasteiger partial charge is 0.497 e. The van der Waals surface area contributed by atoms with Crippen LogP contribution in [0.2, 0.25) is 0 Å². The Bertz CT molecular complexity index is 574. The zero-order chi connectivity index (χ0) is 14.9. The van der Waals surface area contributed by atoms with Gasteiger partial charge in [-0.05, 0) is 38.5 Å². The van der Waals surface area contributed by atoms with E-state index in [9.17, 15) is 9.00 Å². The first-order valence-electron chi connectivity index (χ1n) is 6.38. The Morgan fingerprint density at radius 3 is 2.40 bits per heavy atom. The van der Waals surface area contributed by atoms with Crippen LogP contribution in [0.5, 0.6) is 5.75 Å². The SMILES string of the molecule is COc1ccc([C@@H]2OC(C)=C(C(C)=O)S(=O)[C@H]2C)cc1. The Labute approximate surface area is 121 Å². The van der Waals surface area contributed by atoms with E-state index in [1.54, 1.807) is 14.0 Å². The van der Waals surface area contributed by atoms with Crippen LogP contribution in [-0.4, -0.2) is 22.4 Å². The number of ketones is 1. The van der Waals surface area contributed by atoms with Crippen molar-refractivity contribution in [2.75, 3.05) is 7.11 Å². The standard InChI is InChI=1S/C15H18O4S/c1-9(16)15-10(2)19-14(11(3)20(15)17)12-5-7-13(18-4)8-6-12/h5-8,11,14H,1-4H3/t11-,14+,20?/m0/s1. The molecule has 0 fully saturated rings. The molecular weight excluding hydrogens is 276 g/mol. The van der Waals surface area contributed by atoms with Crippen molar-refractivity contribution in [1.82, 2.24) is 0 Å². The van der Waals surface area contributed by atoms with Crippen LogP contribution in [0, 0.1) is 0 Å². The second-order valence-corrected chi connectivity index (χ2v) is 6.50. The molecule has 1 aromatic rings. The first-order chi connectivity index (χ1) is 9.45. The molecule has 5 heteroatoms. The van der Waals surface area contributed by atoms with Crippen molar-refractivity contribution < 1.29 is 18.5 Å². The Kier molecular flexibility index (Phi) is 4.28. The van der Waals surface area contributed by atoms with Crippen molar-refractivity contribution in [1.29, 1.82) is 0 Å². The van der Waals surface area contributed by atoms with Gasteiger partial charge in [0.15, 0.2) is 5.78 Å². The van der Waals surface area contributed by atoms with Crippen LogP contribution in [0.25, 0.3) is 0 Å². The molecule has 1 aliphatic heterocycles. The van der Waals surface area contributed by atoms with E-state index in [2.05, 4.69) is 0 Å². The Hall–Kier alpha value is -1.62. The van der Waals surface area contributed by atoms with Crippen LogP contribution in [-0.2, 0) is 20.3 Å². The summed E-state index contributed by atoms with van der Waals surface area (Å²) in [6, 6.07) is 7.47. The molecule has 1 heterocycles. The number of carbonyl (C=O) groups excluding carboxylic acids is 1. The number of Topliss-reactive ketones (excluding diaryl/α,β-unsaturated/α-hetero) is 1. The van der Waals surface area contributed by atoms with E-state index in [4.69, 9.17) is 9.47 Å². The number of hydrogen-bond acceptors (Lipinski definition) is 4. The van der Waals surface area contributed by atoms with Crippen LogP contribution in [0.4, 0.5) is 0 Å². The van der Waals surface area contributed by atoms with Gasteiger partial charge in [0.05, 0.1) is 23.2 Å². The van der Waals surface area contributed by atoms with Crippen LogP contribution >= 0.6 is 0 Å². The molecule has 0 spiro atoms. The maximum atomic E-state index is 12.4. The molecule has 0 saturated heterocycles. The number of carbonyl (C=O) groups is 1. The van der Waals surface area contributed by atoms with Gasteiger partial charge in [-0.2, -0.15) is 0 Å². The third-order valence-electron chi connectivity index (χ3n) is 3.35. The molecule has 0 aliphatic carbocycles. The van der Waals surface area contributed by atoms with E-state index in [0.717, 1.165) is 11.3 Å². The molecule has 4 nitrogen and oxygen atoms in total. The summed E-state index contributed by atoms with van der Waals surface area (Å²) in [5, 5.41) is -0.272. The van der Waals surface area contributed by atoms with Gasteiger partial charge in [0.2, 0.25) is 0 Å². The number of allylic oxidation sites excluding steroid dienone is 2.